The molecular formula is C9H21NOSi2. The average molecular weight is 215 g/mol. The van der Waals surface area contributed by atoms with E-state index < -0.39 is 16.1 Å². The molecule has 0 saturated heterocycles. The lowest BCUT2D eigenvalue weighted by Gasteiger charge is -2.30. The second kappa shape index (κ2) is 3.80. The number of carbonyl (C=O) groups is 1. The fraction of sp³-hybridized carbons (Fsp3) is 0.667. The number of amides is 1. The molecular weight excluding hydrogens is 194 g/mol. The molecule has 2 N–H and O–H groups in total. The Bertz CT molecular complexity index is 217. The monoisotopic (exact) mass is 215 g/mol. The highest BCUT2D eigenvalue weighted by Crippen LogP contribution is 2.24. The number of hydrogen-bond acceptors (Lipinski definition) is 1. The number of hydrogen-bond donors (Lipinski definition) is 1. The van der Waals surface area contributed by atoms with Crippen LogP contribution in [0.2, 0.25) is 39.3 Å². The zero-order chi connectivity index (χ0) is 10.9. The van der Waals surface area contributed by atoms with Gasteiger partial charge in [0.1, 0.15) is 0 Å². The van der Waals surface area contributed by atoms with Crippen molar-refractivity contribution in [3.05, 3.63) is 10.9 Å². The first-order valence-corrected chi connectivity index (χ1v) is 11.6. The minimum atomic E-state index is -1.36. The predicted octanol–water partition coefficient (Wildman–Crippen LogP) is 2.15. The summed E-state index contributed by atoms with van der Waals surface area (Å²) in [5, 5.41) is 0. The molecule has 0 saturated carbocycles. The zero-order valence-corrected chi connectivity index (χ0v) is 11.6. The lowest BCUT2D eigenvalue weighted by Crippen LogP contribution is -2.40. The number of carbonyl (C=O) groups excluding carboxylic acids is 1. The molecule has 0 radical (unpaired) electrons. The van der Waals surface area contributed by atoms with Gasteiger partial charge in [0.2, 0.25) is 5.91 Å². The van der Waals surface area contributed by atoms with Gasteiger partial charge in [0.15, 0.2) is 0 Å². The van der Waals surface area contributed by atoms with E-state index in [0.29, 0.717) is 0 Å². The minimum Gasteiger partial charge on any atom is -0.366 e. The highest BCUT2D eigenvalue weighted by atomic mass is 28.4. The van der Waals surface area contributed by atoms with Gasteiger partial charge in [-0.15, -0.1) is 0 Å². The van der Waals surface area contributed by atoms with Crippen LogP contribution in [0.5, 0.6) is 0 Å². The van der Waals surface area contributed by atoms with Gasteiger partial charge in [-0.3, -0.25) is 4.79 Å². The molecule has 0 aromatic heterocycles. The van der Waals surface area contributed by atoms with Crippen LogP contribution in [0.4, 0.5) is 0 Å². The molecule has 0 aliphatic heterocycles. The fourth-order valence-corrected chi connectivity index (χ4v) is 11.9. The van der Waals surface area contributed by atoms with Crippen molar-refractivity contribution in [1.82, 2.24) is 0 Å². The maximum absolute atomic E-state index is 10.9. The molecule has 2 nitrogen and oxygen atoms in total. The largest absolute Gasteiger partial charge is 0.366 e. The van der Waals surface area contributed by atoms with Gasteiger partial charge < -0.3 is 5.73 Å². The van der Waals surface area contributed by atoms with Crippen LogP contribution in [0.15, 0.2) is 10.9 Å². The molecule has 13 heavy (non-hydrogen) atoms. The third-order valence-corrected chi connectivity index (χ3v) is 9.92. The third-order valence-electron chi connectivity index (χ3n) is 1.90. The first kappa shape index (κ1) is 12.6. The SMILES string of the molecule is C[Si](C)(C)C(=CC(N)=O)[Si](C)(C)C. The zero-order valence-electron chi connectivity index (χ0n) is 9.56. The minimum absolute atomic E-state index is 0.292. The number of rotatable bonds is 3. The molecule has 0 spiro atoms. The molecule has 0 bridgehead atoms. The van der Waals surface area contributed by atoms with Gasteiger partial charge in [0.25, 0.3) is 0 Å². The van der Waals surface area contributed by atoms with Gasteiger partial charge in [-0.05, 0) is 6.08 Å². The van der Waals surface area contributed by atoms with Crippen molar-refractivity contribution in [3.8, 4) is 0 Å². The van der Waals surface area contributed by atoms with Crippen LogP contribution in [0, 0.1) is 0 Å². The molecule has 76 valence electrons. The Balaban J connectivity index is 5.13. The van der Waals surface area contributed by atoms with Crippen molar-refractivity contribution >= 4 is 22.1 Å². The van der Waals surface area contributed by atoms with E-state index in [4.69, 9.17) is 5.73 Å². The van der Waals surface area contributed by atoms with Crippen molar-refractivity contribution in [3.63, 3.8) is 0 Å². The Morgan fingerprint density at radius 2 is 1.31 bits per heavy atom. The summed E-state index contributed by atoms with van der Waals surface area (Å²) in [5.74, 6) is -0.292. The van der Waals surface area contributed by atoms with E-state index in [0.717, 1.165) is 0 Å². The molecule has 0 aromatic carbocycles. The van der Waals surface area contributed by atoms with Gasteiger partial charge in [0.05, 0.1) is 16.1 Å². The Labute approximate surface area is 83.2 Å². The van der Waals surface area contributed by atoms with E-state index in [-0.39, 0.29) is 5.91 Å². The lowest BCUT2D eigenvalue weighted by atomic mass is 10.6. The molecule has 0 atom stereocenters. The molecule has 0 fully saturated rings. The molecule has 0 aliphatic rings. The summed E-state index contributed by atoms with van der Waals surface area (Å²) in [7, 11) is -2.73. The van der Waals surface area contributed by atoms with Crippen LogP contribution in [0.3, 0.4) is 0 Å². The summed E-state index contributed by atoms with van der Waals surface area (Å²) in [6.45, 7) is 13.6. The molecule has 0 rings (SSSR count). The van der Waals surface area contributed by atoms with E-state index in [2.05, 4.69) is 39.3 Å². The molecule has 0 aliphatic carbocycles. The van der Waals surface area contributed by atoms with Crippen molar-refractivity contribution < 1.29 is 4.79 Å². The highest BCUT2D eigenvalue weighted by Gasteiger charge is 2.31. The molecule has 4 heteroatoms. The topological polar surface area (TPSA) is 43.1 Å². The predicted molar refractivity (Wildman–Crippen MR) is 64.0 cm³/mol. The standard InChI is InChI=1S/C9H21NOSi2/c1-12(2,3)9(7-8(10)11)13(4,5)6/h7H,1-6H3,(H2,10,11). The van der Waals surface area contributed by atoms with Crippen LogP contribution in [-0.2, 0) is 4.79 Å². The van der Waals surface area contributed by atoms with Gasteiger partial charge in [0, 0.05) is 0 Å². The Hall–Kier alpha value is -0.356. The van der Waals surface area contributed by atoms with Gasteiger partial charge in [-0.2, -0.15) is 0 Å². The van der Waals surface area contributed by atoms with E-state index >= 15 is 0 Å². The molecule has 0 unspecified atom stereocenters. The second-order valence-corrected chi connectivity index (χ2v) is 16.0. The maximum atomic E-state index is 10.9. The van der Waals surface area contributed by atoms with Crippen LogP contribution >= 0.6 is 0 Å². The van der Waals surface area contributed by atoms with Crippen LogP contribution < -0.4 is 5.73 Å². The van der Waals surface area contributed by atoms with Gasteiger partial charge in [-0.1, -0.05) is 44.1 Å². The Morgan fingerprint density at radius 3 is 1.38 bits per heavy atom. The molecule has 0 heterocycles. The maximum Gasteiger partial charge on any atom is 0.240 e. The highest BCUT2D eigenvalue weighted by molar-refractivity contribution is 7.04. The quantitative estimate of drug-likeness (QED) is 0.569. The van der Waals surface area contributed by atoms with Crippen molar-refractivity contribution in [2.75, 3.05) is 0 Å². The van der Waals surface area contributed by atoms with Crippen LogP contribution in [0.1, 0.15) is 0 Å². The van der Waals surface area contributed by atoms with Crippen LogP contribution in [-0.4, -0.2) is 22.1 Å². The van der Waals surface area contributed by atoms with Crippen molar-refractivity contribution in [2.24, 2.45) is 5.73 Å². The van der Waals surface area contributed by atoms with Crippen molar-refractivity contribution in [2.45, 2.75) is 39.3 Å². The normalized spacial score (nSPS) is 12.5. The van der Waals surface area contributed by atoms with E-state index in [1.807, 2.05) is 0 Å². The smallest absolute Gasteiger partial charge is 0.240 e. The van der Waals surface area contributed by atoms with Gasteiger partial charge in [-0.25, -0.2) is 0 Å². The van der Waals surface area contributed by atoms with Gasteiger partial charge >= 0.3 is 0 Å². The van der Waals surface area contributed by atoms with Crippen LogP contribution in [0.25, 0.3) is 0 Å². The summed E-state index contributed by atoms with van der Waals surface area (Å²) in [6, 6.07) is 0. The summed E-state index contributed by atoms with van der Waals surface area (Å²) in [4.78, 5) is 12.3. The Morgan fingerprint density at radius 1 is 1.00 bits per heavy atom. The Kier molecular flexibility index (Phi) is 3.69. The summed E-state index contributed by atoms with van der Waals surface area (Å²) < 4.78 is 0. The van der Waals surface area contributed by atoms with Crippen molar-refractivity contribution in [1.29, 1.82) is 0 Å². The second-order valence-electron chi connectivity index (χ2n) is 5.46. The fourth-order valence-electron chi connectivity index (χ4n) is 1.70. The number of nitrogens with two attached hydrogens (primary N) is 1. The summed E-state index contributed by atoms with van der Waals surface area (Å²) in [5.41, 5.74) is 5.22. The first-order chi connectivity index (χ1) is 5.55. The van der Waals surface area contributed by atoms with E-state index in [9.17, 15) is 4.79 Å². The third kappa shape index (κ3) is 4.42. The molecule has 1 amide bonds. The number of primary amides is 1. The lowest BCUT2D eigenvalue weighted by molar-refractivity contribution is -0.113. The van der Waals surface area contributed by atoms with E-state index in [1.165, 1.54) is 4.82 Å². The molecule has 0 aromatic rings. The summed E-state index contributed by atoms with van der Waals surface area (Å²) in [6.07, 6.45) is 1.68. The first-order valence-electron chi connectivity index (χ1n) is 4.57. The van der Waals surface area contributed by atoms with E-state index in [1.54, 1.807) is 6.08 Å². The average Bonchev–Trinajstić information content (AvgIpc) is 1.77. The summed E-state index contributed by atoms with van der Waals surface area (Å²) >= 11 is 0.